The van der Waals surface area contributed by atoms with Crippen LogP contribution in [0.15, 0.2) is 42.3 Å². The number of benzene rings is 1. The quantitative estimate of drug-likeness (QED) is 0.725. The molecule has 0 aliphatic carbocycles. The molecule has 0 radical (unpaired) electrons. The summed E-state index contributed by atoms with van der Waals surface area (Å²) in [5.41, 5.74) is 1.82. The molecule has 2 aromatic heterocycles. The van der Waals surface area contributed by atoms with E-state index in [1.807, 2.05) is 29.6 Å². The zero-order valence-corrected chi connectivity index (χ0v) is 15.4. The van der Waals surface area contributed by atoms with Gasteiger partial charge in [-0.25, -0.2) is 19.4 Å². The first-order valence-corrected chi connectivity index (χ1v) is 9.57. The molecule has 9 heteroatoms. The van der Waals surface area contributed by atoms with Crippen molar-refractivity contribution in [1.82, 2.24) is 24.6 Å². The monoisotopic (exact) mass is 385 g/mol. The van der Waals surface area contributed by atoms with Gasteiger partial charge in [0.05, 0.1) is 16.4 Å². The molecule has 27 heavy (non-hydrogen) atoms. The molecular weight excluding hydrogens is 366 g/mol. The molecule has 0 saturated carbocycles. The minimum Gasteiger partial charge on any atom is -0.487 e. The number of rotatable bonds is 5. The van der Waals surface area contributed by atoms with E-state index in [9.17, 15) is 4.79 Å². The Kier molecular flexibility index (Phi) is 5.01. The Morgan fingerprint density at radius 1 is 1.26 bits per heavy atom. The number of hydrogen-bond acceptors (Lipinski definition) is 6. The van der Waals surface area contributed by atoms with Crippen molar-refractivity contribution in [2.24, 2.45) is 0 Å². The van der Waals surface area contributed by atoms with Gasteiger partial charge in [0.15, 0.2) is 0 Å². The van der Waals surface area contributed by atoms with Crippen molar-refractivity contribution in [1.29, 1.82) is 0 Å². The van der Waals surface area contributed by atoms with Crippen LogP contribution >= 0.6 is 11.3 Å². The van der Waals surface area contributed by atoms with Crippen LogP contribution in [0.2, 0.25) is 0 Å². The van der Waals surface area contributed by atoms with Crippen molar-refractivity contribution in [2.75, 3.05) is 13.1 Å². The minimum atomic E-state index is -0.837. The van der Waals surface area contributed by atoms with Crippen LogP contribution in [0.4, 0.5) is 4.79 Å². The third kappa shape index (κ3) is 4.08. The molecule has 4 rings (SSSR count). The standard InChI is InChI=1S/C18H19N5O3S/c24-18(25)22-7-5-13(6-8-22)17-21-14(10-27-17)9-26-16-3-1-15(2-4-16)23-12-19-11-20-23/h1-4,10-13H,5-9H2,(H,24,25). The van der Waals surface area contributed by atoms with Gasteiger partial charge in [-0.3, -0.25) is 0 Å². The Balaban J connectivity index is 1.31. The van der Waals surface area contributed by atoms with E-state index in [4.69, 9.17) is 9.84 Å². The molecule has 8 nitrogen and oxygen atoms in total. The number of piperidine rings is 1. The van der Waals surface area contributed by atoms with E-state index in [0.717, 1.165) is 35.0 Å². The lowest BCUT2D eigenvalue weighted by Gasteiger charge is -2.28. The number of carbonyl (C=O) groups is 1. The van der Waals surface area contributed by atoms with Crippen LogP contribution < -0.4 is 4.74 Å². The van der Waals surface area contributed by atoms with Gasteiger partial charge >= 0.3 is 6.09 Å². The molecule has 3 aromatic rings. The third-order valence-corrected chi connectivity index (χ3v) is 5.65. The van der Waals surface area contributed by atoms with Gasteiger partial charge in [-0.1, -0.05) is 0 Å². The number of hydrogen-bond donors (Lipinski definition) is 1. The second-order valence-electron chi connectivity index (χ2n) is 6.34. The molecule has 1 fully saturated rings. The normalized spacial score (nSPS) is 15.0. The van der Waals surface area contributed by atoms with Gasteiger partial charge in [0.25, 0.3) is 0 Å². The SMILES string of the molecule is O=C(O)N1CCC(c2nc(COc3ccc(-n4cncn4)cc3)cs2)CC1. The van der Waals surface area contributed by atoms with Crippen molar-refractivity contribution in [2.45, 2.75) is 25.4 Å². The highest BCUT2D eigenvalue weighted by Gasteiger charge is 2.25. The molecule has 1 N–H and O–H groups in total. The van der Waals surface area contributed by atoms with Crippen LogP contribution in [-0.2, 0) is 6.61 Å². The summed E-state index contributed by atoms with van der Waals surface area (Å²) in [5, 5.41) is 16.2. The lowest BCUT2D eigenvalue weighted by molar-refractivity contribution is 0.132. The topological polar surface area (TPSA) is 93.4 Å². The first-order valence-electron chi connectivity index (χ1n) is 8.69. The van der Waals surface area contributed by atoms with Gasteiger partial charge in [0.2, 0.25) is 0 Å². The summed E-state index contributed by atoms with van der Waals surface area (Å²) in [6.07, 6.45) is 3.95. The van der Waals surface area contributed by atoms with Crippen LogP contribution in [0.1, 0.15) is 29.5 Å². The van der Waals surface area contributed by atoms with E-state index in [2.05, 4.69) is 15.1 Å². The Morgan fingerprint density at radius 3 is 2.70 bits per heavy atom. The van der Waals surface area contributed by atoms with Crippen LogP contribution in [0.5, 0.6) is 5.75 Å². The van der Waals surface area contributed by atoms with Crippen LogP contribution in [0.3, 0.4) is 0 Å². The van der Waals surface area contributed by atoms with Gasteiger partial charge in [0.1, 0.15) is 25.0 Å². The van der Waals surface area contributed by atoms with Crippen molar-refractivity contribution in [3.8, 4) is 11.4 Å². The Morgan fingerprint density at radius 2 is 2.04 bits per heavy atom. The third-order valence-electron chi connectivity index (χ3n) is 4.59. The molecule has 0 spiro atoms. The van der Waals surface area contributed by atoms with E-state index in [0.29, 0.717) is 25.6 Å². The maximum atomic E-state index is 11.0. The highest BCUT2D eigenvalue weighted by atomic mass is 32.1. The first-order chi connectivity index (χ1) is 13.2. The van der Waals surface area contributed by atoms with Crippen LogP contribution in [-0.4, -0.2) is 48.9 Å². The summed E-state index contributed by atoms with van der Waals surface area (Å²) in [5.74, 6) is 1.10. The van der Waals surface area contributed by atoms with E-state index >= 15 is 0 Å². The molecular formula is C18H19N5O3S. The van der Waals surface area contributed by atoms with E-state index < -0.39 is 6.09 Å². The summed E-state index contributed by atoms with van der Waals surface area (Å²) >= 11 is 1.63. The maximum absolute atomic E-state index is 11.0. The predicted octanol–water partition coefficient (Wildman–Crippen LogP) is 3.16. The molecule has 0 bridgehead atoms. The number of aromatic nitrogens is 4. The van der Waals surface area contributed by atoms with Crippen molar-refractivity contribution in [3.63, 3.8) is 0 Å². The number of nitrogens with zero attached hydrogens (tertiary/aromatic N) is 5. The fourth-order valence-electron chi connectivity index (χ4n) is 3.09. The summed E-state index contributed by atoms with van der Waals surface area (Å²) in [6.45, 7) is 1.56. The Labute approximate surface area is 160 Å². The smallest absolute Gasteiger partial charge is 0.407 e. The highest BCUT2D eigenvalue weighted by Crippen LogP contribution is 2.30. The zero-order chi connectivity index (χ0) is 18.6. The van der Waals surface area contributed by atoms with Gasteiger partial charge < -0.3 is 14.7 Å². The lowest BCUT2D eigenvalue weighted by Crippen LogP contribution is -2.36. The Hall–Kier alpha value is -2.94. The van der Waals surface area contributed by atoms with Gasteiger partial charge in [-0.15, -0.1) is 11.3 Å². The molecule has 0 atom stereocenters. The van der Waals surface area contributed by atoms with E-state index in [-0.39, 0.29) is 0 Å². The van der Waals surface area contributed by atoms with Gasteiger partial charge in [0, 0.05) is 24.4 Å². The molecule has 0 unspecified atom stereocenters. The van der Waals surface area contributed by atoms with Crippen molar-refractivity contribution < 1.29 is 14.6 Å². The fourth-order valence-corrected chi connectivity index (χ4v) is 4.06. The number of likely N-dealkylation sites (tertiary alicyclic amines) is 1. The predicted molar refractivity (Wildman–Crippen MR) is 99.4 cm³/mol. The van der Waals surface area contributed by atoms with Crippen LogP contribution in [0.25, 0.3) is 5.69 Å². The van der Waals surface area contributed by atoms with Crippen molar-refractivity contribution >= 4 is 17.4 Å². The highest BCUT2D eigenvalue weighted by molar-refractivity contribution is 7.09. The summed E-state index contributed by atoms with van der Waals surface area (Å²) in [7, 11) is 0. The molecule has 1 aliphatic heterocycles. The van der Waals surface area contributed by atoms with Gasteiger partial charge in [-0.05, 0) is 37.1 Å². The second kappa shape index (κ2) is 7.75. The van der Waals surface area contributed by atoms with E-state index in [1.54, 1.807) is 22.3 Å². The average Bonchev–Trinajstić information content (AvgIpc) is 3.39. The largest absolute Gasteiger partial charge is 0.487 e. The lowest BCUT2D eigenvalue weighted by atomic mass is 9.98. The minimum absolute atomic E-state index is 0.335. The fraction of sp³-hybridized carbons (Fsp3) is 0.333. The van der Waals surface area contributed by atoms with Crippen LogP contribution in [0, 0.1) is 0 Å². The molecule has 140 valence electrons. The van der Waals surface area contributed by atoms with E-state index in [1.165, 1.54) is 11.2 Å². The molecule has 1 aromatic carbocycles. The number of carboxylic acid groups (broad SMARTS) is 1. The molecule has 1 saturated heterocycles. The summed E-state index contributed by atoms with van der Waals surface area (Å²) in [4.78, 5) is 21.1. The van der Waals surface area contributed by atoms with Crippen molar-refractivity contribution in [3.05, 3.63) is 53.0 Å². The zero-order valence-electron chi connectivity index (χ0n) is 14.6. The Bertz CT molecular complexity index is 886. The first kappa shape index (κ1) is 17.5. The maximum Gasteiger partial charge on any atom is 0.407 e. The molecule has 1 amide bonds. The molecule has 1 aliphatic rings. The number of ether oxygens (including phenoxy) is 1. The van der Waals surface area contributed by atoms with Gasteiger partial charge in [-0.2, -0.15) is 5.10 Å². The number of amides is 1. The second-order valence-corrected chi connectivity index (χ2v) is 7.23. The number of thiazole rings is 1. The molecule has 3 heterocycles. The summed E-state index contributed by atoms with van der Waals surface area (Å²) in [6, 6.07) is 7.64. The average molecular weight is 385 g/mol. The summed E-state index contributed by atoms with van der Waals surface area (Å²) < 4.78 is 7.51.